The predicted molar refractivity (Wildman–Crippen MR) is 66.0 cm³/mol. The molecule has 16 heavy (non-hydrogen) atoms. The SMILES string of the molecule is CNCCNC(C)=NCCCCCC(=O)O. The molecule has 94 valence electrons. The van der Waals surface area contributed by atoms with Crippen molar-refractivity contribution in [2.45, 2.75) is 32.6 Å². The zero-order valence-electron chi connectivity index (χ0n) is 10.3. The fraction of sp³-hybridized carbons (Fsp3) is 0.818. The summed E-state index contributed by atoms with van der Waals surface area (Å²) in [6, 6.07) is 0. The number of unbranched alkanes of at least 4 members (excludes halogenated alkanes) is 2. The van der Waals surface area contributed by atoms with Crippen molar-refractivity contribution >= 4 is 11.8 Å². The zero-order chi connectivity index (χ0) is 12.2. The summed E-state index contributed by atoms with van der Waals surface area (Å²) in [4.78, 5) is 14.6. The number of aliphatic imine (C=N–C) groups is 1. The minimum Gasteiger partial charge on any atom is -0.481 e. The number of carbonyl (C=O) groups is 1. The molecule has 5 heteroatoms. The van der Waals surface area contributed by atoms with Crippen LogP contribution in [0, 0.1) is 0 Å². The van der Waals surface area contributed by atoms with Crippen LogP contribution in [0.15, 0.2) is 4.99 Å². The maximum Gasteiger partial charge on any atom is 0.303 e. The average Bonchev–Trinajstić information content (AvgIpc) is 2.23. The Labute approximate surface area is 97.3 Å². The van der Waals surface area contributed by atoms with Crippen molar-refractivity contribution in [2.75, 3.05) is 26.7 Å². The van der Waals surface area contributed by atoms with E-state index in [4.69, 9.17) is 5.11 Å². The lowest BCUT2D eigenvalue weighted by atomic mass is 10.2. The fourth-order valence-corrected chi connectivity index (χ4v) is 1.24. The maximum atomic E-state index is 10.2. The number of likely N-dealkylation sites (N-methyl/N-ethyl adjacent to an activating group) is 1. The summed E-state index contributed by atoms with van der Waals surface area (Å²) in [6.07, 6.45) is 2.90. The van der Waals surface area contributed by atoms with Gasteiger partial charge < -0.3 is 15.7 Å². The molecule has 0 atom stereocenters. The second-order valence-electron chi connectivity index (χ2n) is 3.70. The van der Waals surface area contributed by atoms with E-state index in [0.717, 1.165) is 44.7 Å². The van der Waals surface area contributed by atoms with E-state index in [1.807, 2.05) is 14.0 Å². The minimum atomic E-state index is -0.714. The molecular formula is C11H23N3O2. The number of carboxylic acids is 1. The molecule has 0 unspecified atom stereocenters. The van der Waals surface area contributed by atoms with E-state index in [1.165, 1.54) is 0 Å². The summed E-state index contributed by atoms with van der Waals surface area (Å²) in [5.41, 5.74) is 0. The van der Waals surface area contributed by atoms with E-state index in [9.17, 15) is 4.79 Å². The summed E-state index contributed by atoms with van der Waals surface area (Å²) in [5, 5.41) is 14.7. The normalized spacial score (nSPS) is 11.5. The predicted octanol–water partition coefficient (Wildman–Crippen LogP) is 0.859. The Hall–Kier alpha value is -1.10. The number of aliphatic carboxylic acids is 1. The van der Waals surface area contributed by atoms with Crippen LogP contribution in [0.25, 0.3) is 0 Å². The fourth-order valence-electron chi connectivity index (χ4n) is 1.24. The van der Waals surface area contributed by atoms with Gasteiger partial charge in [0.05, 0.1) is 5.84 Å². The largest absolute Gasteiger partial charge is 0.481 e. The molecule has 0 aliphatic carbocycles. The van der Waals surface area contributed by atoms with Gasteiger partial charge in [-0.2, -0.15) is 0 Å². The lowest BCUT2D eigenvalue weighted by molar-refractivity contribution is -0.137. The highest BCUT2D eigenvalue weighted by atomic mass is 16.4. The number of rotatable bonds is 9. The van der Waals surface area contributed by atoms with Crippen LogP contribution in [-0.2, 0) is 4.79 Å². The van der Waals surface area contributed by atoms with Gasteiger partial charge in [0.1, 0.15) is 0 Å². The summed E-state index contributed by atoms with van der Waals surface area (Å²) in [5.74, 6) is 0.238. The standard InChI is InChI=1S/C11H23N3O2/c1-10(14-9-8-12-2)13-7-5-3-4-6-11(15)16/h12H,3-9H2,1-2H3,(H,13,14)(H,15,16). The highest BCUT2D eigenvalue weighted by molar-refractivity contribution is 5.79. The molecule has 5 nitrogen and oxygen atoms in total. The van der Waals surface area contributed by atoms with Crippen LogP contribution < -0.4 is 10.6 Å². The molecule has 0 aliphatic rings. The van der Waals surface area contributed by atoms with Crippen molar-refractivity contribution in [1.29, 1.82) is 0 Å². The van der Waals surface area contributed by atoms with Crippen LogP contribution in [0.4, 0.5) is 0 Å². The van der Waals surface area contributed by atoms with Crippen LogP contribution in [0.5, 0.6) is 0 Å². The third kappa shape index (κ3) is 11.0. The number of nitrogens with one attached hydrogen (secondary N) is 2. The second-order valence-corrected chi connectivity index (χ2v) is 3.70. The van der Waals surface area contributed by atoms with Crippen molar-refractivity contribution in [3.05, 3.63) is 0 Å². The smallest absolute Gasteiger partial charge is 0.303 e. The zero-order valence-corrected chi connectivity index (χ0v) is 10.3. The average molecular weight is 229 g/mol. The summed E-state index contributed by atoms with van der Waals surface area (Å²) in [6.45, 7) is 4.53. The highest BCUT2D eigenvalue weighted by Gasteiger charge is 1.95. The Bertz CT molecular complexity index is 217. The molecule has 0 rings (SSSR count). The molecule has 0 aromatic rings. The Morgan fingerprint density at radius 1 is 1.25 bits per heavy atom. The van der Waals surface area contributed by atoms with Gasteiger partial charge >= 0.3 is 5.97 Å². The highest BCUT2D eigenvalue weighted by Crippen LogP contribution is 1.99. The molecule has 3 N–H and O–H groups in total. The van der Waals surface area contributed by atoms with Crippen molar-refractivity contribution in [3.8, 4) is 0 Å². The van der Waals surface area contributed by atoms with Gasteiger partial charge in [-0.3, -0.25) is 9.79 Å². The molecule has 0 saturated carbocycles. The summed E-state index contributed by atoms with van der Waals surface area (Å²) < 4.78 is 0. The van der Waals surface area contributed by atoms with E-state index < -0.39 is 5.97 Å². The van der Waals surface area contributed by atoms with Crippen LogP contribution in [-0.4, -0.2) is 43.6 Å². The minimum absolute atomic E-state index is 0.267. The Morgan fingerprint density at radius 3 is 2.62 bits per heavy atom. The monoisotopic (exact) mass is 229 g/mol. The van der Waals surface area contributed by atoms with E-state index in [0.29, 0.717) is 0 Å². The molecule has 0 heterocycles. The van der Waals surface area contributed by atoms with E-state index in [1.54, 1.807) is 0 Å². The third-order valence-corrected chi connectivity index (χ3v) is 2.15. The van der Waals surface area contributed by atoms with Gasteiger partial charge in [-0.05, 0) is 26.8 Å². The van der Waals surface area contributed by atoms with Gasteiger partial charge in [0.25, 0.3) is 0 Å². The van der Waals surface area contributed by atoms with Gasteiger partial charge in [0.15, 0.2) is 0 Å². The third-order valence-electron chi connectivity index (χ3n) is 2.15. The first-order valence-electron chi connectivity index (χ1n) is 5.78. The lowest BCUT2D eigenvalue weighted by Crippen LogP contribution is -2.28. The van der Waals surface area contributed by atoms with Crippen LogP contribution >= 0.6 is 0 Å². The van der Waals surface area contributed by atoms with Gasteiger partial charge in [-0.1, -0.05) is 6.42 Å². The van der Waals surface area contributed by atoms with E-state index in [2.05, 4.69) is 15.6 Å². The first-order chi connectivity index (χ1) is 7.66. The van der Waals surface area contributed by atoms with Crippen molar-refractivity contribution in [2.24, 2.45) is 4.99 Å². The lowest BCUT2D eigenvalue weighted by Gasteiger charge is -2.04. The number of hydrogen-bond donors (Lipinski definition) is 3. The van der Waals surface area contributed by atoms with Crippen LogP contribution in [0.1, 0.15) is 32.6 Å². The molecule has 0 aromatic heterocycles. The maximum absolute atomic E-state index is 10.2. The number of carboxylic acid groups (broad SMARTS) is 1. The second kappa shape index (κ2) is 10.4. The van der Waals surface area contributed by atoms with Gasteiger partial charge in [0, 0.05) is 26.1 Å². The number of hydrogen-bond acceptors (Lipinski definition) is 3. The first-order valence-corrected chi connectivity index (χ1v) is 5.78. The Kier molecular flexibility index (Phi) is 9.70. The van der Waals surface area contributed by atoms with Crippen LogP contribution in [0.2, 0.25) is 0 Å². The van der Waals surface area contributed by atoms with E-state index >= 15 is 0 Å². The molecule has 0 radical (unpaired) electrons. The molecular weight excluding hydrogens is 206 g/mol. The van der Waals surface area contributed by atoms with Gasteiger partial charge in [-0.15, -0.1) is 0 Å². The molecule has 0 fully saturated rings. The summed E-state index contributed by atoms with van der Waals surface area (Å²) >= 11 is 0. The Morgan fingerprint density at radius 2 is 2.00 bits per heavy atom. The van der Waals surface area contributed by atoms with Gasteiger partial charge in [0.2, 0.25) is 0 Å². The van der Waals surface area contributed by atoms with Gasteiger partial charge in [-0.25, -0.2) is 0 Å². The van der Waals surface area contributed by atoms with Crippen LogP contribution in [0.3, 0.4) is 0 Å². The molecule has 0 aromatic carbocycles. The Balaban J connectivity index is 3.33. The molecule has 0 spiro atoms. The molecule has 0 aliphatic heterocycles. The molecule has 0 bridgehead atoms. The molecule has 0 amide bonds. The van der Waals surface area contributed by atoms with Crippen molar-refractivity contribution in [3.63, 3.8) is 0 Å². The summed E-state index contributed by atoms with van der Waals surface area (Å²) in [7, 11) is 1.91. The quantitative estimate of drug-likeness (QED) is 0.311. The number of amidine groups is 1. The van der Waals surface area contributed by atoms with E-state index in [-0.39, 0.29) is 6.42 Å². The van der Waals surface area contributed by atoms with Crippen molar-refractivity contribution < 1.29 is 9.90 Å². The van der Waals surface area contributed by atoms with Crippen molar-refractivity contribution in [1.82, 2.24) is 10.6 Å². The first kappa shape index (κ1) is 14.9. The molecule has 0 saturated heterocycles. The number of nitrogens with zero attached hydrogens (tertiary/aromatic N) is 1. The topological polar surface area (TPSA) is 73.7 Å².